The Morgan fingerprint density at radius 3 is 2.64 bits per heavy atom. The lowest BCUT2D eigenvalue weighted by atomic mass is 10.0. The van der Waals surface area contributed by atoms with Gasteiger partial charge in [0.25, 0.3) is 0 Å². The molecule has 0 bridgehead atoms. The predicted octanol–water partition coefficient (Wildman–Crippen LogP) is 2.60. The Labute approximate surface area is 88.7 Å². The normalized spacial score (nSPS) is 12.5. The highest BCUT2D eigenvalue weighted by Gasteiger charge is 1.94. The minimum absolute atomic E-state index is 0.771. The molecule has 0 spiro atoms. The van der Waals surface area contributed by atoms with Crippen molar-refractivity contribution in [1.82, 2.24) is 5.32 Å². The highest BCUT2D eigenvalue weighted by atomic mass is 16.5. The molecule has 0 fully saturated rings. The molecule has 2 heteroatoms. The first-order chi connectivity index (χ1) is 6.66. The summed E-state index contributed by atoms with van der Waals surface area (Å²) in [5, 5.41) is 3.33. The third-order valence-electron chi connectivity index (χ3n) is 2.03. The Balaban J connectivity index is 3.32. The van der Waals surface area contributed by atoms with Gasteiger partial charge in [-0.15, -0.1) is 0 Å². The first-order valence-corrected chi connectivity index (χ1v) is 5.52. The molecular formula is C12H25NO. The van der Waals surface area contributed by atoms with Crippen LogP contribution in [0.25, 0.3) is 0 Å². The lowest BCUT2D eigenvalue weighted by Gasteiger charge is -2.05. The maximum Gasteiger partial charge on any atom is 0.0587 e. The molecule has 0 unspecified atom stereocenters. The summed E-state index contributed by atoms with van der Waals surface area (Å²) in [5.74, 6) is 0.771. The Kier molecular flexibility index (Phi) is 9.00. The molecule has 0 aromatic carbocycles. The largest absolute Gasteiger partial charge is 0.383 e. The van der Waals surface area contributed by atoms with Crippen molar-refractivity contribution >= 4 is 0 Å². The molecule has 0 aromatic heterocycles. The SMILES string of the molecule is COCCNCCC=C(C)CC(C)C. The van der Waals surface area contributed by atoms with Gasteiger partial charge in [0.2, 0.25) is 0 Å². The van der Waals surface area contributed by atoms with Crippen molar-refractivity contribution in [2.45, 2.75) is 33.6 Å². The van der Waals surface area contributed by atoms with Crippen LogP contribution < -0.4 is 5.32 Å². The standard InChI is InChI=1S/C12H25NO/c1-11(2)10-12(3)6-5-7-13-8-9-14-4/h6,11,13H,5,7-10H2,1-4H3. The van der Waals surface area contributed by atoms with Crippen molar-refractivity contribution in [2.75, 3.05) is 26.8 Å². The van der Waals surface area contributed by atoms with E-state index in [1.54, 1.807) is 7.11 Å². The first-order valence-electron chi connectivity index (χ1n) is 5.52. The number of methoxy groups -OCH3 is 1. The molecule has 2 nitrogen and oxygen atoms in total. The molecule has 84 valence electrons. The molecule has 0 aromatic rings. The molecule has 0 saturated carbocycles. The Hall–Kier alpha value is -0.340. The van der Waals surface area contributed by atoms with Crippen LogP contribution in [0, 0.1) is 5.92 Å². The fourth-order valence-corrected chi connectivity index (χ4v) is 1.45. The van der Waals surface area contributed by atoms with Gasteiger partial charge in [-0.1, -0.05) is 25.5 Å². The zero-order valence-corrected chi connectivity index (χ0v) is 10.1. The Morgan fingerprint density at radius 2 is 2.07 bits per heavy atom. The minimum atomic E-state index is 0.771. The quantitative estimate of drug-likeness (QED) is 0.479. The number of hydrogen-bond acceptors (Lipinski definition) is 2. The molecule has 14 heavy (non-hydrogen) atoms. The zero-order valence-electron chi connectivity index (χ0n) is 10.1. The number of ether oxygens (including phenoxy) is 1. The van der Waals surface area contributed by atoms with Crippen LogP contribution in [0.3, 0.4) is 0 Å². The van der Waals surface area contributed by atoms with Crippen LogP contribution in [0.5, 0.6) is 0 Å². The van der Waals surface area contributed by atoms with Crippen LogP contribution in [0.4, 0.5) is 0 Å². The fraction of sp³-hybridized carbons (Fsp3) is 0.833. The van der Waals surface area contributed by atoms with Gasteiger partial charge in [0.1, 0.15) is 0 Å². The molecule has 0 heterocycles. The van der Waals surface area contributed by atoms with Crippen LogP contribution in [0.2, 0.25) is 0 Å². The molecule has 0 saturated heterocycles. The average Bonchev–Trinajstić information content (AvgIpc) is 2.10. The molecular weight excluding hydrogens is 174 g/mol. The average molecular weight is 199 g/mol. The Bertz CT molecular complexity index is 152. The van der Waals surface area contributed by atoms with Gasteiger partial charge >= 0.3 is 0 Å². The van der Waals surface area contributed by atoms with E-state index in [4.69, 9.17) is 4.74 Å². The van der Waals surface area contributed by atoms with E-state index >= 15 is 0 Å². The maximum atomic E-state index is 4.94. The van der Waals surface area contributed by atoms with Crippen LogP contribution >= 0.6 is 0 Å². The summed E-state index contributed by atoms with van der Waals surface area (Å²) < 4.78 is 4.94. The summed E-state index contributed by atoms with van der Waals surface area (Å²) in [6, 6.07) is 0. The van der Waals surface area contributed by atoms with Crippen molar-refractivity contribution < 1.29 is 4.74 Å². The van der Waals surface area contributed by atoms with Crippen LogP contribution in [0.15, 0.2) is 11.6 Å². The molecule has 0 amide bonds. The highest BCUT2D eigenvalue weighted by Crippen LogP contribution is 2.09. The van der Waals surface area contributed by atoms with Gasteiger partial charge in [-0.3, -0.25) is 0 Å². The van der Waals surface area contributed by atoms with Gasteiger partial charge in [-0.25, -0.2) is 0 Å². The molecule has 0 aliphatic rings. The summed E-state index contributed by atoms with van der Waals surface area (Å²) in [6.07, 6.45) is 4.68. The minimum Gasteiger partial charge on any atom is -0.383 e. The number of allylic oxidation sites excluding steroid dienone is 1. The topological polar surface area (TPSA) is 21.3 Å². The highest BCUT2D eigenvalue weighted by molar-refractivity contribution is 4.98. The van der Waals surface area contributed by atoms with Crippen molar-refractivity contribution in [3.8, 4) is 0 Å². The molecule has 1 N–H and O–H groups in total. The second kappa shape index (κ2) is 9.22. The first kappa shape index (κ1) is 13.7. The van der Waals surface area contributed by atoms with E-state index < -0.39 is 0 Å². The van der Waals surface area contributed by atoms with E-state index in [-0.39, 0.29) is 0 Å². The summed E-state index contributed by atoms with van der Waals surface area (Å²) in [5.41, 5.74) is 1.51. The second-order valence-electron chi connectivity index (χ2n) is 4.18. The van der Waals surface area contributed by atoms with Gasteiger partial charge < -0.3 is 10.1 Å². The fourth-order valence-electron chi connectivity index (χ4n) is 1.45. The van der Waals surface area contributed by atoms with E-state index in [2.05, 4.69) is 32.2 Å². The Morgan fingerprint density at radius 1 is 1.36 bits per heavy atom. The monoisotopic (exact) mass is 199 g/mol. The molecule has 0 atom stereocenters. The van der Waals surface area contributed by atoms with Crippen LogP contribution in [-0.2, 0) is 4.74 Å². The van der Waals surface area contributed by atoms with E-state index in [1.165, 1.54) is 12.0 Å². The molecule has 0 radical (unpaired) electrons. The summed E-state index contributed by atoms with van der Waals surface area (Å²) in [6.45, 7) is 9.54. The lowest BCUT2D eigenvalue weighted by Crippen LogP contribution is -2.19. The summed E-state index contributed by atoms with van der Waals surface area (Å²) >= 11 is 0. The number of hydrogen-bond donors (Lipinski definition) is 1. The predicted molar refractivity (Wildman–Crippen MR) is 62.6 cm³/mol. The van der Waals surface area contributed by atoms with E-state index in [9.17, 15) is 0 Å². The van der Waals surface area contributed by atoms with Crippen molar-refractivity contribution in [3.05, 3.63) is 11.6 Å². The van der Waals surface area contributed by atoms with Gasteiger partial charge in [-0.2, -0.15) is 0 Å². The van der Waals surface area contributed by atoms with Gasteiger partial charge in [0.15, 0.2) is 0 Å². The third kappa shape index (κ3) is 9.75. The summed E-state index contributed by atoms with van der Waals surface area (Å²) in [4.78, 5) is 0. The number of rotatable bonds is 8. The van der Waals surface area contributed by atoms with Crippen LogP contribution in [0.1, 0.15) is 33.6 Å². The van der Waals surface area contributed by atoms with E-state index in [1.807, 2.05) is 0 Å². The van der Waals surface area contributed by atoms with Crippen molar-refractivity contribution in [3.63, 3.8) is 0 Å². The number of nitrogens with one attached hydrogen (secondary N) is 1. The van der Waals surface area contributed by atoms with Crippen molar-refractivity contribution in [2.24, 2.45) is 5.92 Å². The third-order valence-corrected chi connectivity index (χ3v) is 2.03. The van der Waals surface area contributed by atoms with Gasteiger partial charge in [-0.05, 0) is 32.2 Å². The lowest BCUT2D eigenvalue weighted by molar-refractivity contribution is 0.199. The van der Waals surface area contributed by atoms with Crippen LogP contribution in [-0.4, -0.2) is 26.8 Å². The second-order valence-corrected chi connectivity index (χ2v) is 4.18. The molecule has 0 aliphatic carbocycles. The van der Waals surface area contributed by atoms with Gasteiger partial charge in [0, 0.05) is 13.7 Å². The van der Waals surface area contributed by atoms with Crippen molar-refractivity contribution in [1.29, 1.82) is 0 Å². The van der Waals surface area contributed by atoms with E-state index in [0.717, 1.165) is 32.0 Å². The maximum absolute atomic E-state index is 4.94. The van der Waals surface area contributed by atoms with E-state index in [0.29, 0.717) is 0 Å². The molecule has 0 aliphatic heterocycles. The summed E-state index contributed by atoms with van der Waals surface area (Å²) in [7, 11) is 1.73. The van der Waals surface area contributed by atoms with Gasteiger partial charge in [0.05, 0.1) is 6.61 Å². The zero-order chi connectivity index (χ0) is 10.8. The molecule has 0 rings (SSSR count). The smallest absolute Gasteiger partial charge is 0.0587 e.